The summed E-state index contributed by atoms with van der Waals surface area (Å²) >= 11 is 0. The molecular formula is C14H17NO4. The molecule has 0 spiro atoms. The molecule has 1 N–H and O–H groups in total. The minimum absolute atomic E-state index is 0.0319. The van der Waals surface area contributed by atoms with Crippen LogP contribution in [0.1, 0.15) is 31.4 Å². The number of carbonyl (C=O) groups excluding carboxylic acids is 1. The fourth-order valence-electron chi connectivity index (χ4n) is 2.64. The quantitative estimate of drug-likeness (QED) is 0.850. The van der Waals surface area contributed by atoms with Crippen LogP contribution in [0, 0.1) is 0 Å². The second-order valence-corrected chi connectivity index (χ2v) is 4.78. The van der Waals surface area contributed by atoms with Crippen molar-refractivity contribution in [3.05, 3.63) is 35.4 Å². The van der Waals surface area contributed by atoms with E-state index in [9.17, 15) is 14.7 Å². The monoisotopic (exact) mass is 263 g/mol. The molecule has 0 aliphatic carbocycles. The van der Waals surface area contributed by atoms with Gasteiger partial charge in [-0.2, -0.15) is 0 Å². The summed E-state index contributed by atoms with van der Waals surface area (Å²) in [6.07, 6.45) is -0.993. The molecule has 2 rings (SSSR count). The minimum atomic E-state index is -1.03. The van der Waals surface area contributed by atoms with Crippen LogP contribution >= 0.6 is 0 Å². The van der Waals surface area contributed by atoms with E-state index in [1.54, 1.807) is 13.8 Å². The molecule has 102 valence electrons. The summed E-state index contributed by atoms with van der Waals surface area (Å²) in [5.41, 5.74) is 0.969. The van der Waals surface area contributed by atoms with Crippen molar-refractivity contribution >= 4 is 12.1 Å². The number of carbonyl (C=O) groups is 2. The average Bonchev–Trinajstić information content (AvgIpc) is 2.64. The van der Waals surface area contributed by atoms with Gasteiger partial charge in [0.25, 0.3) is 0 Å². The Kier molecular flexibility index (Phi) is 3.46. The molecule has 19 heavy (non-hydrogen) atoms. The predicted octanol–water partition coefficient (Wildman–Crippen LogP) is 2.35. The Bertz CT molecular complexity index is 514. The topological polar surface area (TPSA) is 66.8 Å². The molecule has 1 aliphatic heterocycles. The van der Waals surface area contributed by atoms with Crippen molar-refractivity contribution in [2.45, 2.75) is 32.4 Å². The summed E-state index contributed by atoms with van der Waals surface area (Å²) < 4.78 is 4.95. The number of hydrogen-bond acceptors (Lipinski definition) is 3. The third kappa shape index (κ3) is 2.28. The first-order valence-corrected chi connectivity index (χ1v) is 6.23. The lowest BCUT2D eigenvalue weighted by Crippen LogP contribution is -2.43. The van der Waals surface area contributed by atoms with Crippen molar-refractivity contribution in [1.29, 1.82) is 0 Å². The van der Waals surface area contributed by atoms with Crippen LogP contribution in [0.4, 0.5) is 4.79 Å². The maximum absolute atomic E-state index is 11.7. The molecular weight excluding hydrogens is 246 g/mol. The molecule has 1 atom stereocenters. The Morgan fingerprint density at radius 1 is 1.42 bits per heavy atom. The molecule has 0 aromatic heterocycles. The molecule has 5 heteroatoms. The summed E-state index contributed by atoms with van der Waals surface area (Å²) in [6, 6.07) is 7.49. The largest absolute Gasteiger partial charge is 0.466 e. The molecule has 1 heterocycles. The van der Waals surface area contributed by atoms with Crippen LogP contribution in [0.5, 0.6) is 0 Å². The van der Waals surface area contributed by atoms with E-state index < -0.39 is 11.6 Å². The summed E-state index contributed by atoms with van der Waals surface area (Å²) in [7, 11) is 0. The number of amides is 1. The summed E-state index contributed by atoms with van der Waals surface area (Å²) in [5.74, 6) is -0.382. The average molecular weight is 263 g/mol. The van der Waals surface area contributed by atoms with Crippen LogP contribution in [0.25, 0.3) is 0 Å². The lowest BCUT2D eigenvalue weighted by molar-refractivity contribution is -0.146. The fourth-order valence-corrected chi connectivity index (χ4v) is 2.64. The number of ether oxygens (including phenoxy) is 1. The first-order valence-electron chi connectivity index (χ1n) is 6.23. The fraction of sp³-hybridized carbons (Fsp3) is 0.429. The summed E-state index contributed by atoms with van der Waals surface area (Å²) in [6.45, 7) is 4.10. The van der Waals surface area contributed by atoms with Gasteiger partial charge >= 0.3 is 12.1 Å². The van der Waals surface area contributed by atoms with Gasteiger partial charge in [0.2, 0.25) is 0 Å². The van der Waals surface area contributed by atoms with E-state index in [0.29, 0.717) is 13.2 Å². The van der Waals surface area contributed by atoms with Crippen molar-refractivity contribution in [2.75, 3.05) is 6.61 Å². The zero-order valence-electron chi connectivity index (χ0n) is 11.0. The van der Waals surface area contributed by atoms with Gasteiger partial charge in [-0.05, 0) is 25.0 Å². The van der Waals surface area contributed by atoms with Crippen LogP contribution in [0.15, 0.2) is 24.3 Å². The van der Waals surface area contributed by atoms with E-state index in [0.717, 1.165) is 11.1 Å². The van der Waals surface area contributed by atoms with Gasteiger partial charge in [0.05, 0.1) is 25.1 Å². The van der Waals surface area contributed by atoms with Crippen LogP contribution in [-0.2, 0) is 21.6 Å². The Hall–Kier alpha value is -2.04. The Balaban J connectivity index is 2.37. The molecule has 0 saturated carbocycles. The highest BCUT2D eigenvalue weighted by Crippen LogP contribution is 2.41. The van der Waals surface area contributed by atoms with Gasteiger partial charge in [-0.25, -0.2) is 4.79 Å². The number of esters is 1. The molecule has 1 aromatic carbocycles. The number of hydrogen-bond donors (Lipinski definition) is 1. The number of fused-ring (bicyclic) bond motifs is 1. The van der Waals surface area contributed by atoms with E-state index in [2.05, 4.69) is 0 Å². The van der Waals surface area contributed by atoms with Gasteiger partial charge in [0.15, 0.2) is 0 Å². The zero-order chi connectivity index (χ0) is 14.0. The molecule has 1 unspecified atom stereocenters. The van der Waals surface area contributed by atoms with Crippen molar-refractivity contribution in [3.63, 3.8) is 0 Å². The highest BCUT2D eigenvalue weighted by molar-refractivity contribution is 5.75. The maximum atomic E-state index is 11.7. The highest BCUT2D eigenvalue weighted by Gasteiger charge is 2.45. The van der Waals surface area contributed by atoms with Crippen LogP contribution in [-0.4, -0.2) is 28.7 Å². The molecule has 0 saturated heterocycles. The van der Waals surface area contributed by atoms with Gasteiger partial charge in [-0.3, -0.25) is 9.69 Å². The van der Waals surface area contributed by atoms with Crippen molar-refractivity contribution in [3.8, 4) is 0 Å². The Morgan fingerprint density at radius 2 is 2.11 bits per heavy atom. The standard InChI is InChI=1S/C14H17NO4/c1-3-19-12(16)8-14(2)11-7-5-4-6-10(11)9-15(14)13(17)18/h4-7H,3,8-9H2,1-2H3,(H,17,18). The van der Waals surface area contributed by atoms with E-state index in [1.165, 1.54) is 4.90 Å². The van der Waals surface area contributed by atoms with Crippen molar-refractivity contribution < 1.29 is 19.4 Å². The van der Waals surface area contributed by atoms with Gasteiger partial charge in [-0.1, -0.05) is 24.3 Å². The van der Waals surface area contributed by atoms with Gasteiger partial charge < -0.3 is 9.84 Å². The molecule has 0 fully saturated rings. The van der Waals surface area contributed by atoms with Crippen LogP contribution < -0.4 is 0 Å². The minimum Gasteiger partial charge on any atom is -0.466 e. The summed E-state index contributed by atoms with van der Waals surface area (Å²) in [4.78, 5) is 24.4. The molecule has 1 aromatic rings. The van der Waals surface area contributed by atoms with Crippen molar-refractivity contribution in [2.24, 2.45) is 0 Å². The normalized spacial score (nSPS) is 21.1. The van der Waals surface area contributed by atoms with E-state index in [-0.39, 0.29) is 12.4 Å². The predicted molar refractivity (Wildman–Crippen MR) is 68.6 cm³/mol. The van der Waals surface area contributed by atoms with E-state index >= 15 is 0 Å². The van der Waals surface area contributed by atoms with Crippen LogP contribution in [0.3, 0.4) is 0 Å². The zero-order valence-corrected chi connectivity index (χ0v) is 11.0. The third-order valence-corrected chi connectivity index (χ3v) is 3.55. The van der Waals surface area contributed by atoms with Crippen LogP contribution in [0.2, 0.25) is 0 Å². The Morgan fingerprint density at radius 3 is 2.74 bits per heavy atom. The number of carboxylic acid groups (broad SMARTS) is 1. The maximum Gasteiger partial charge on any atom is 0.408 e. The van der Waals surface area contributed by atoms with Crippen molar-refractivity contribution in [1.82, 2.24) is 4.90 Å². The lowest BCUT2D eigenvalue weighted by Gasteiger charge is -2.33. The first-order chi connectivity index (χ1) is 8.99. The van der Waals surface area contributed by atoms with Gasteiger partial charge in [-0.15, -0.1) is 0 Å². The molecule has 1 aliphatic rings. The number of rotatable bonds is 3. The molecule has 5 nitrogen and oxygen atoms in total. The van der Waals surface area contributed by atoms with E-state index in [4.69, 9.17) is 4.74 Å². The molecule has 0 radical (unpaired) electrons. The van der Waals surface area contributed by atoms with Gasteiger partial charge in [0, 0.05) is 0 Å². The molecule has 1 amide bonds. The molecule has 0 bridgehead atoms. The SMILES string of the molecule is CCOC(=O)CC1(C)c2ccccc2CN1C(=O)O. The first kappa shape index (κ1) is 13.4. The second kappa shape index (κ2) is 4.91. The third-order valence-electron chi connectivity index (χ3n) is 3.55. The Labute approximate surface area is 111 Å². The second-order valence-electron chi connectivity index (χ2n) is 4.78. The number of benzene rings is 1. The summed E-state index contributed by atoms with van der Waals surface area (Å²) in [5, 5.41) is 9.34. The van der Waals surface area contributed by atoms with Gasteiger partial charge in [0.1, 0.15) is 0 Å². The number of nitrogens with zero attached hydrogens (tertiary/aromatic N) is 1. The van der Waals surface area contributed by atoms with E-state index in [1.807, 2.05) is 24.3 Å². The lowest BCUT2D eigenvalue weighted by atomic mass is 9.88. The highest BCUT2D eigenvalue weighted by atomic mass is 16.5. The smallest absolute Gasteiger partial charge is 0.408 e.